The Morgan fingerprint density at radius 2 is 2.00 bits per heavy atom. The monoisotopic (exact) mass is 445 g/mol. The van der Waals surface area contributed by atoms with Crippen LogP contribution in [-0.2, 0) is 18.0 Å². The minimum absolute atomic E-state index is 0.0682. The maximum Gasteiger partial charge on any atom is 0.416 e. The van der Waals surface area contributed by atoms with Gasteiger partial charge in [0.25, 0.3) is 5.91 Å². The van der Waals surface area contributed by atoms with Gasteiger partial charge in [-0.15, -0.1) is 0 Å². The summed E-state index contributed by atoms with van der Waals surface area (Å²) in [6, 6.07) is 6.76. The molecule has 11 heteroatoms. The van der Waals surface area contributed by atoms with Crippen molar-refractivity contribution in [2.24, 2.45) is 7.05 Å². The Bertz CT molecular complexity index is 1160. The maximum absolute atomic E-state index is 12.8. The largest absolute Gasteiger partial charge is 0.438 e. The zero-order chi connectivity index (χ0) is 22.9. The average Bonchev–Trinajstić information content (AvgIpc) is 3.36. The molecule has 3 aromatic rings. The summed E-state index contributed by atoms with van der Waals surface area (Å²) in [6.07, 6.45) is -1.01. The lowest BCUT2D eigenvalue weighted by Gasteiger charge is -2.13. The van der Waals surface area contributed by atoms with Crippen LogP contribution in [0.3, 0.4) is 0 Å². The SMILES string of the molecule is Cn1ccc(-c2cc(C(=O)NC3CCNC3=O)cnc2Oc2ccc(C(F)(F)F)cc2)n1. The van der Waals surface area contributed by atoms with Crippen molar-refractivity contribution in [3.8, 4) is 22.9 Å². The maximum atomic E-state index is 12.8. The van der Waals surface area contributed by atoms with E-state index in [9.17, 15) is 22.8 Å². The van der Waals surface area contributed by atoms with Crippen molar-refractivity contribution in [3.05, 3.63) is 59.9 Å². The summed E-state index contributed by atoms with van der Waals surface area (Å²) in [7, 11) is 1.71. The molecule has 1 aromatic carbocycles. The van der Waals surface area contributed by atoms with Gasteiger partial charge in [0, 0.05) is 26.0 Å². The number of hydrogen-bond acceptors (Lipinski definition) is 5. The molecule has 4 rings (SSSR count). The Labute approximate surface area is 180 Å². The first-order valence-corrected chi connectivity index (χ1v) is 9.64. The Balaban J connectivity index is 1.63. The zero-order valence-corrected chi connectivity index (χ0v) is 16.8. The zero-order valence-electron chi connectivity index (χ0n) is 16.8. The van der Waals surface area contributed by atoms with Crippen LogP contribution in [0.1, 0.15) is 22.3 Å². The molecule has 2 aromatic heterocycles. The highest BCUT2D eigenvalue weighted by molar-refractivity contribution is 5.98. The Hall–Kier alpha value is -3.89. The number of rotatable bonds is 5. The van der Waals surface area contributed by atoms with E-state index in [0.717, 1.165) is 12.1 Å². The number of nitrogens with zero attached hydrogens (tertiary/aromatic N) is 3. The third-order valence-corrected chi connectivity index (χ3v) is 4.85. The van der Waals surface area contributed by atoms with Crippen molar-refractivity contribution in [2.75, 3.05) is 6.54 Å². The van der Waals surface area contributed by atoms with Crippen LogP contribution in [0, 0.1) is 0 Å². The molecule has 1 aliphatic heterocycles. The number of halogens is 3. The lowest BCUT2D eigenvalue weighted by molar-refractivity contribution is -0.137. The number of hydrogen-bond donors (Lipinski definition) is 2. The molecule has 0 radical (unpaired) electrons. The summed E-state index contributed by atoms with van der Waals surface area (Å²) in [6.45, 7) is 0.487. The number of carbonyl (C=O) groups excluding carboxylic acids is 2. The van der Waals surface area contributed by atoms with Gasteiger partial charge in [0.15, 0.2) is 0 Å². The fraction of sp³-hybridized carbons (Fsp3) is 0.238. The molecule has 1 fully saturated rings. The fourth-order valence-corrected chi connectivity index (χ4v) is 3.20. The van der Waals surface area contributed by atoms with E-state index in [-0.39, 0.29) is 23.1 Å². The average molecular weight is 445 g/mol. The van der Waals surface area contributed by atoms with Gasteiger partial charge in [-0.2, -0.15) is 18.3 Å². The molecule has 0 spiro atoms. The van der Waals surface area contributed by atoms with Crippen LogP contribution >= 0.6 is 0 Å². The van der Waals surface area contributed by atoms with Gasteiger partial charge in [-0.1, -0.05) is 0 Å². The molecule has 1 aliphatic rings. The number of amides is 2. The summed E-state index contributed by atoms with van der Waals surface area (Å²) in [5.74, 6) is -0.530. The lowest BCUT2D eigenvalue weighted by atomic mass is 10.1. The molecular formula is C21H18F3N5O3. The molecule has 2 N–H and O–H groups in total. The van der Waals surface area contributed by atoms with E-state index in [1.165, 1.54) is 24.4 Å². The molecule has 0 saturated carbocycles. The third kappa shape index (κ3) is 4.56. The summed E-state index contributed by atoms with van der Waals surface area (Å²) in [5.41, 5.74) is 0.208. The Kier molecular flexibility index (Phi) is 5.56. The lowest BCUT2D eigenvalue weighted by Crippen LogP contribution is -2.40. The number of aromatic nitrogens is 3. The number of nitrogens with one attached hydrogen (secondary N) is 2. The minimum atomic E-state index is -4.46. The molecule has 2 amide bonds. The van der Waals surface area contributed by atoms with Gasteiger partial charge in [0.1, 0.15) is 11.8 Å². The number of aryl methyl sites for hydroxylation is 1. The summed E-state index contributed by atoms with van der Waals surface area (Å²) < 4.78 is 45.6. The van der Waals surface area contributed by atoms with E-state index in [1.54, 1.807) is 24.0 Å². The first kappa shape index (κ1) is 21.3. The van der Waals surface area contributed by atoms with Crippen LogP contribution in [0.4, 0.5) is 13.2 Å². The number of benzene rings is 1. The van der Waals surface area contributed by atoms with Gasteiger partial charge < -0.3 is 15.4 Å². The van der Waals surface area contributed by atoms with Crippen molar-refractivity contribution in [3.63, 3.8) is 0 Å². The van der Waals surface area contributed by atoms with Crippen LogP contribution in [0.15, 0.2) is 48.8 Å². The van der Waals surface area contributed by atoms with Crippen molar-refractivity contribution < 1.29 is 27.5 Å². The molecule has 1 unspecified atom stereocenters. The second kappa shape index (κ2) is 8.33. The molecule has 0 aliphatic carbocycles. The van der Waals surface area contributed by atoms with Gasteiger partial charge in [0.05, 0.1) is 22.4 Å². The van der Waals surface area contributed by atoms with Crippen LogP contribution in [0.2, 0.25) is 0 Å². The van der Waals surface area contributed by atoms with Crippen LogP contribution < -0.4 is 15.4 Å². The Morgan fingerprint density at radius 1 is 1.25 bits per heavy atom. The molecular weight excluding hydrogens is 427 g/mol. The third-order valence-electron chi connectivity index (χ3n) is 4.85. The number of ether oxygens (including phenoxy) is 1. The minimum Gasteiger partial charge on any atom is -0.438 e. The molecule has 8 nitrogen and oxygen atoms in total. The van der Waals surface area contributed by atoms with Crippen LogP contribution in [-0.4, -0.2) is 39.2 Å². The molecule has 166 valence electrons. The van der Waals surface area contributed by atoms with Gasteiger partial charge in [-0.25, -0.2) is 4.98 Å². The van der Waals surface area contributed by atoms with E-state index in [2.05, 4.69) is 20.7 Å². The summed E-state index contributed by atoms with van der Waals surface area (Å²) >= 11 is 0. The number of alkyl halides is 3. The number of pyridine rings is 1. The summed E-state index contributed by atoms with van der Waals surface area (Å²) in [5, 5.41) is 9.60. The van der Waals surface area contributed by atoms with E-state index >= 15 is 0 Å². The summed E-state index contributed by atoms with van der Waals surface area (Å²) in [4.78, 5) is 28.6. The predicted octanol–water partition coefficient (Wildman–Crippen LogP) is 2.91. The van der Waals surface area contributed by atoms with Crippen LogP contribution in [0.5, 0.6) is 11.6 Å². The highest BCUT2D eigenvalue weighted by Gasteiger charge is 2.30. The first-order valence-electron chi connectivity index (χ1n) is 9.64. The highest BCUT2D eigenvalue weighted by atomic mass is 19.4. The molecule has 0 bridgehead atoms. The van der Waals surface area contributed by atoms with E-state index < -0.39 is 23.7 Å². The second-order valence-corrected chi connectivity index (χ2v) is 7.18. The van der Waals surface area contributed by atoms with Crippen molar-refractivity contribution >= 4 is 11.8 Å². The molecule has 1 saturated heterocycles. The van der Waals surface area contributed by atoms with Crippen molar-refractivity contribution in [2.45, 2.75) is 18.6 Å². The van der Waals surface area contributed by atoms with E-state index in [4.69, 9.17) is 4.74 Å². The van der Waals surface area contributed by atoms with Gasteiger partial charge in [-0.05, 0) is 42.8 Å². The molecule has 1 atom stereocenters. The highest BCUT2D eigenvalue weighted by Crippen LogP contribution is 2.34. The topological polar surface area (TPSA) is 98.1 Å². The fourth-order valence-electron chi connectivity index (χ4n) is 3.20. The standard InChI is InChI=1S/C21H18F3N5O3/c1-29-9-7-16(28-29)15-10-12(18(30)27-17-6-8-25-19(17)31)11-26-20(15)32-14-4-2-13(3-5-14)21(22,23)24/h2-5,7,9-11,17H,6,8H2,1H3,(H,25,31)(H,27,30). The van der Waals surface area contributed by atoms with E-state index in [1.807, 2.05) is 0 Å². The first-order chi connectivity index (χ1) is 15.2. The quantitative estimate of drug-likeness (QED) is 0.630. The van der Waals surface area contributed by atoms with Crippen molar-refractivity contribution in [1.82, 2.24) is 25.4 Å². The number of carbonyl (C=O) groups is 2. The van der Waals surface area contributed by atoms with Gasteiger partial charge >= 0.3 is 6.18 Å². The van der Waals surface area contributed by atoms with Gasteiger partial charge in [0.2, 0.25) is 11.8 Å². The van der Waals surface area contributed by atoms with Crippen molar-refractivity contribution in [1.29, 1.82) is 0 Å². The van der Waals surface area contributed by atoms with Gasteiger partial charge in [-0.3, -0.25) is 14.3 Å². The second-order valence-electron chi connectivity index (χ2n) is 7.18. The predicted molar refractivity (Wildman–Crippen MR) is 107 cm³/mol. The Morgan fingerprint density at radius 3 is 2.59 bits per heavy atom. The van der Waals surface area contributed by atoms with E-state index in [0.29, 0.717) is 24.2 Å². The molecule has 32 heavy (non-hydrogen) atoms. The smallest absolute Gasteiger partial charge is 0.416 e. The molecule has 3 heterocycles. The van der Waals surface area contributed by atoms with Crippen LogP contribution in [0.25, 0.3) is 11.3 Å². The normalized spacial score (nSPS) is 16.0.